The fraction of sp³-hybridized carbons (Fsp3) is 0.455. The van der Waals surface area contributed by atoms with Gasteiger partial charge < -0.3 is 0 Å². The van der Waals surface area contributed by atoms with Gasteiger partial charge in [-0.25, -0.2) is 14.3 Å². The van der Waals surface area contributed by atoms with Gasteiger partial charge in [0.2, 0.25) is 0 Å². The molecule has 0 spiro atoms. The molecule has 6 nitrogen and oxygen atoms in total. The number of hydrogen-bond donors (Lipinski definition) is 0. The van der Waals surface area contributed by atoms with Crippen LogP contribution in [-0.4, -0.2) is 13.2 Å². The van der Waals surface area contributed by atoms with Crippen LogP contribution < -0.4 is 0 Å². The standard InChI is InChI=1S/C11H17O6P/c1-3-13-16-18(12,17-14-4-2)15-10-11-8-6-5-7-9-11/h5-9H,3-4,10H2,1-2H3. The van der Waals surface area contributed by atoms with E-state index >= 15 is 0 Å². The van der Waals surface area contributed by atoms with Gasteiger partial charge in [-0.2, -0.15) is 0 Å². The van der Waals surface area contributed by atoms with Gasteiger partial charge in [-0.3, -0.25) is 4.52 Å². The third kappa shape index (κ3) is 5.73. The zero-order valence-electron chi connectivity index (χ0n) is 10.4. The van der Waals surface area contributed by atoms with Crippen molar-refractivity contribution in [1.29, 1.82) is 0 Å². The molecule has 0 aliphatic rings. The summed E-state index contributed by atoms with van der Waals surface area (Å²) in [7, 11) is -3.86. The zero-order chi connectivity index (χ0) is 13.3. The predicted molar refractivity (Wildman–Crippen MR) is 64.3 cm³/mol. The lowest BCUT2D eigenvalue weighted by Gasteiger charge is -2.14. The third-order valence-electron chi connectivity index (χ3n) is 1.76. The summed E-state index contributed by atoms with van der Waals surface area (Å²) in [5, 5.41) is 0. The SMILES string of the molecule is CCOOP(=O)(OCc1ccccc1)OOCC. The lowest BCUT2D eigenvalue weighted by Crippen LogP contribution is -2.02. The van der Waals surface area contributed by atoms with Gasteiger partial charge >= 0.3 is 7.82 Å². The first kappa shape index (κ1) is 15.3. The maximum absolute atomic E-state index is 12.0. The summed E-state index contributed by atoms with van der Waals surface area (Å²) in [6, 6.07) is 9.21. The first-order valence-corrected chi connectivity index (χ1v) is 7.07. The molecule has 0 aliphatic heterocycles. The van der Waals surface area contributed by atoms with Crippen LogP contribution in [0.4, 0.5) is 0 Å². The van der Waals surface area contributed by atoms with Crippen LogP contribution in [0.1, 0.15) is 19.4 Å². The predicted octanol–water partition coefficient (Wildman–Crippen LogP) is 3.25. The Balaban J connectivity index is 2.52. The fourth-order valence-corrected chi connectivity index (χ4v) is 1.90. The molecule has 7 heteroatoms. The quantitative estimate of drug-likeness (QED) is 0.392. The number of hydrogen-bond acceptors (Lipinski definition) is 6. The molecule has 18 heavy (non-hydrogen) atoms. The van der Waals surface area contributed by atoms with E-state index in [1.807, 2.05) is 30.3 Å². The average molecular weight is 276 g/mol. The molecule has 0 atom stereocenters. The highest BCUT2D eigenvalue weighted by Gasteiger charge is 2.30. The van der Waals surface area contributed by atoms with Crippen LogP contribution in [0, 0.1) is 0 Å². The molecule has 1 rings (SSSR count). The van der Waals surface area contributed by atoms with E-state index in [0.717, 1.165) is 5.56 Å². The zero-order valence-corrected chi connectivity index (χ0v) is 11.3. The summed E-state index contributed by atoms with van der Waals surface area (Å²) in [5.74, 6) is 0. The van der Waals surface area contributed by atoms with Crippen molar-refractivity contribution in [2.75, 3.05) is 13.2 Å². The van der Waals surface area contributed by atoms with Crippen molar-refractivity contribution >= 4 is 7.82 Å². The molecule has 0 N–H and O–H groups in total. The Bertz CT molecular complexity index is 357. The number of rotatable bonds is 9. The topological polar surface area (TPSA) is 63.2 Å². The van der Waals surface area contributed by atoms with Crippen molar-refractivity contribution in [1.82, 2.24) is 0 Å². The summed E-state index contributed by atoms with van der Waals surface area (Å²) in [5.41, 5.74) is 0.831. The molecule has 0 heterocycles. The van der Waals surface area contributed by atoms with E-state index < -0.39 is 7.82 Å². The van der Waals surface area contributed by atoms with E-state index in [4.69, 9.17) is 4.52 Å². The lowest BCUT2D eigenvalue weighted by atomic mass is 10.2. The molecule has 0 aliphatic carbocycles. The molecule has 0 saturated carbocycles. The van der Waals surface area contributed by atoms with Gasteiger partial charge in [0.15, 0.2) is 0 Å². The van der Waals surface area contributed by atoms with Crippen LogP contribution in [0.2, 0.25) is 0 Å². The lowest BCUT2D eigenvalue weighted by molar-refractivity contribution is -0.279. The smallest absolute Gasteiger partial charge is 0.279 e. The van der Waals surface area contributed by atoms with Crippen molar-refractivity contribution in [3.63, 3.8) is 0 Å². The summed E-state index contributed by atoms with van der Waals surface area (Å²) >= 11 is 0. The van der Waals surface area contributed by atoms with E-state index in [1.165, 1.54) is 0 Å². The van der Waals surface area contributed by atoms with Crippen LogP contribution in [0.5, 0.6) is 0 Å². The first-order valence-electron chi connectivity index (χ1n) is 5.61. The summed E-state index contributed by atoms with van der Waals surface area (Å²) in [6.45, 7) is 3.87. The molecule has 102 valence electrons. The second-order valence-electron chi connectivity index (χ2n) is 3.17. The minimum Gasteiger partial charge on any atom is -0.279 e. The number of benzene rings is 1. The minimum absolute atomic E-state index is 0.0677. The van der Waals surface area contributed by atoms with Crippen LogP contribution in [-0.2, 0) is 34.8 Å². The van der Waals surface area contributed by atoms with Crippen LogP contribution in [0.15, 0.2) is 30.3 Å². The molecule has 1 aromatic rings. The van der Waals surface area contributed by atoms with Gasteiger partial charge in [-0.05, 0) is 19.4 Å². The normalized spacial score (nSPS) is 11.7. The van der Waals surface area contributed by atoms with E-state index in [2.05, 4.69) is 19.1 Å². The molecule has 0 fully saturated rings. The second kappa shape index (κ2) is 8.37. The highest BCUT2D eigenvalue weighted by Crippen LogP contribution is 2.50. The van der Waals surface area contributed by atoms with E-state index in [0.29, 0.717) is 0 Å². The van der Waals surface area contributed by atoms with Gasteiger partial charge in [0.25, 0.3) is 0 Å². The molecule has 0 radical (unpaired) electrons. The van der Waals surface area contributed by atoms with Crippen LogP contribution >= 0.6 is 7.82 Å². The largest absolute Gasteiger partial charge is 0.529 e. The van der Waals surface area contributed by atoms with E-state index in [-0.39, 0.29) is 19.8 Å². The van der Waals surface area contributed by atoms with E-state index in [9.17, 15) is 4.57 Å². The van der Waals surface area contributed by atoms with Crippen molar-refractivity contribution in [2.24, 2.45) is 0 Å². The Morgan fingerprint density at radius 2 is 1.56 bits per heavy atom. The van der Waals surface area contributed by atoms with Gasteiger partial charge in [0.05, 0.1) is 19.8 Å². The monoisotopic (exact) mass is 276 g/mol. The highest BCUT2D eigenvalue weighted by molar-refractivity contribution is 7.48. The summed E-state index contributed by atoms with van der Waals surface area (Å²) in [6.07, 6.45) is 0. The Hall–Kier alpha value is -0.750. The highest BCUT2D eigenvalue weighted by atomic mass is 31.2. The van der Waals surface area contributed by atoms with Gasteiger partial charge in [-0.1, -0.05) is 30.3 Å². The Morgan fingerprint density at radius 3 is 2.06 bits per heavy atom. The van der Waals surface area contributed by atoms with Crippen molar-refractivity contribution in [2.45, 2.75) is 20.5 Å². The van der Waals surface area contributed by atoms with Gasteiger partial charge in [-0.15, -0.1) is 9.35 Å². The molecule has 0 aromatic heterocycles. The van der Waals surface area contributed by atoms with Crippen molar-refractivity contribution < 1.29 is 28.2 Å². The Morgan fingerprint density at radius 1 is 1.00 bits per heavy atom. The molecular weight excluding hydrogens is 259 g/mol. The second-order valence-corrected chi connectivity index (χ2v) is 4.62. The van der Waals surface area contributed by atoms with Crippen molar-refractivity contribution in [3.05, 3.63) is 35.9 Å². The molecule has 1 aromatic carbocycles. The maximum atomic E-state index is 12.0. The van der Waals surface area contributed by atoms with Gasteiger partial charge in [0, 0.05) is 0 Å². The third-order valence-corrected chi connectivity index (χ3v) is 2.78. The van der Waals surface area contributed by atoms with E-state index in [1.54, 1.807) is 13.8 Å². The summed E-state index contributed by atoms with van der Waals surface area (Å²) < 4.78 is 26.2. The fourth-order valence-electron chi connectivity index (χ4n) is 1.02. The maximum Gasteiger partial charge on any atom is 0.529 e. The number of phosphoric acid groups is 1. The van der Waals surface area contributed by atoms with Gasteiger partial charge in [0.1, 0.15) is 0 Å². The molecule has 0 saturated heterocycles. The Labute approximate surface area is 106 Å². The molecule has 0 bridgehead atoms. The van der Waals surface area contributed by atoms with Crippen molar-refractivity contribution in [3.8, 4) is 0 Å². The summed E-state index contributed by atoms with van der Waals surface area (Å²) in [4.78, 5) is 9.18. The molecular formula is C11H17O6P. The van der Waals surface area contributed by atoms with Crippen LogP contribution in [0.25, 0.3) is 0 Å². The average Bonchev–Trinajstić information content (AvgIpc) is 2.42. The molecule has 0 unspecified atom stereocenters. The first-order chi connectivity index (χ1) is 8.70. The Kier molecular flexibility index (Phi) is 7.12. The van der Waals surface area contributed by atoms with Crippen LogP contribution in [0.3, 0.4) is 0 Å². The molecule has 0 amide bonds. The minimum atomic E-state index is -3.86.